The molecule has 0 spiro atoms. The Morgan fingerprint density at radius 3 is 2.53 bits per heavy atom. The van der Waals surface area contributed by atoms with E-state index in [-0.39, 0.29) is 5.92 Å². The highest BCUT2D eigenvalue weighted by Gasteiger charge is 2.14. The molecule has 0 aliphatic rings. The molecule has 6 nitrogen and oxygen atoms in total. The van der Waals surface area contributed by atoms with Crippen molar-refractivity contribution in [2.75, 3.05) is 19.5 Å². The van der Waals surface area contributed by atoms with Gasteiger partial charge in [-0.2, -0.15) is 0 Å². The summed E-state index contributed by atoms with van der Waals surface area (Å²) in [5.41, 5.74) is 1.32. The Morgan fingerprint density at radius 1 is 1.16 bits per heavy atom. The fourth-order valence-electron chi connectivity index (χ4n) is 1.62. The summed E-state index contributed by atoms with van der Waals surface area (Å²) in [5.74, 6) is 2.20. The van der Waals surface area contributed by atoms with Gasteiger partial charge < -0.3 is 10.1 Å². The summed E-state index contributed by atoms with van der Waals surface area (Å²) in [7, 11) is 3.39. The summed E-state index contributed by atoms with van der Waals surface area (Å²) >= 11 is 0. The van der Waals surface area contributed by atoms with Gasteiger partial charge in [0, 0.05) is 31.4 Å². The molecule has 0 aliphatic heterocycles. The van der Waals surface area contributed by atoms with Crippen LogP contribution in [0.25, 0.3) is 11.4 Å². The number of hydrogen-bond acceptors (Lipinski definition) is 6. The van der Waals surface area contributed by atoms with Crippen LogP contribution in [0.3, 0.4) is 0 Å². The van der Waals surface area contributed by atoms with E-state index in [0.29, 0.717) is 17.3 Å². The number of nitrogens with one attached hydrogen (secondary N) is 1. The van der Waals surface area contributed by atoms with E-state index in [0.717, 1.165) is 11.6 Å². The lowest BCUT2D eigenvalue weighted by Gasteiger charge is -2.10. The molecule has 2 rings (SSSR count). The van der Waals surface area contributed by atoms with Crippen LogP contribution >= 0.6 is 0 Å². The van der Waals surface area contributed by atoms with Gasteiger partial charge in [0.15, 0.2) is 5.69 Å². The zero-order valence-corrected chi connectivity index (χ0v) is 11.5. The van der Waals surface area contributed by atoms with Gasteiger partial charge >= 0.3 is 0 Å². The molecule has 19 heavy (non-hydrogen) atoms. The fourth-order valence-corrected chi connectivity index (χ4v) is 1.62. The van der Waals surface area contributed by atoms with Crippen LogP contribution in [0.5, 0.6) is 5.88 Å². The molecule has 0 saturated carbocycles. The van der Waals surface area contributed by atoms with E-state index in [9.17, 15) is 0 Å². The van der Waals surface area contributed by atoms with Crippen molar-refractivity contribution in [1.29, 1.82) is 0 Å². The first-order valence-corrected chi connectivity index (χ1v) is 6.07. The first kappa shape index (κ1) is 13.2. The maximum atomic E-state index is 5.22. The lowest BCUT2D eigenvalue weighted by atomic mass is 10.2. The van der Waals surface area contributed by atoms with E-state index in [1.54, 1.807) is 19.5 Å². The number of nitrogens with zero attached hydrogens (tertiary/aromatic N) is 4. The van der Waals surface area contributed by atoms with Crippen LogP contribution < -0.4 is 10.1 Å². The second kappa shape index (κ2) is 5.60. The number of methoxy groups -OCH3 is 1. The van der Waals surface area contributed by atoms with Crippen molar-refractivity contribution in [2.24, 2.45) is 0 Å². The van der Waals surface area contributed by atoms with E-state index in [1.807, 2.05) is 27.0 Å². The molecule has 0 unspecified atom stereocenters. The topological polar surface area (TPSA) is 72.8 Å². The second-order valence-electron chi connectivity index (χ2n) is 4.32. The molecule has 6 heteroatoms. The molecule has 0 saturated heterocycles. The lowest BCUT2D eigenvalue weighted by Crippen LogP contribution is -2.04. The summed E-state index contributed by atoms with van der Waals surface area (Å²) in [5, 5.41) is 3.03. The number of aromatic nitrogens is 4. The first-order chi connectivity index (χ1) is 9.15. The fraction of sp³-hybridized carbons (Fsp3) is 0.385. The molecular formula is C13H17N5O. The minimum absolute atomic E-state index is 0.231. The molecule has 0 amide bonds. The predicted octanol–water partition coefficient (Wildman–Crippen LogP) is 2.11. The highest BCUT2D eigenvalue weighted by atomic mass is 16.5. The largest absolute Gasteiger partial charge is 0.479 e. The van der Waals surface area contributed by atoms with Crippen LogP contribution in [0.2, 0.25) is 0 Å². The number of anilines is 1. The Hall–Kier alpha value is -2.24. The van der Waals surface area contributed by atoms with Crippen molar-refractivity contribution in [3.63, 3.8) is 0 Å². The standard InChI is InChI=1S/C13H17N5O/c1-8(2)12-17-9(7-10(14-3)18-12)11-13(19-4)16-6-5-15-11/h5-8H,1-4H3,(H,14,17,18). The van der Waals surface area contributed by atoms with E-state index < -0.39 is 0 Å². The van der Waals surface area contributed by atoms with Crippen LogP contribution in [0, 0.1) is 0 Å². The quantitative estimate of drug-likeness (QED) is 0.906. The Morgan fingerprint density at radius 2 is 1.89 bits per heavy atom. The third-order valence-electron chi connectivity index (χ3n) is 2.62. The van der Waals surface area contributed by atoms with Gasteiger partial charge in [0.25, 0.3) is 0 Å². The van der Waals surface area contributed by atoms with Gasteiger partial charge in [-0.25, -0.2) is 19.9 Å². The number of ether oxygens (including phenoxy) is 1. The van der Waals surface area contributed by atoms with Crippen LogP contribution in [0.1, 0.15) is 25.6 Å². The molecule has 0 atom stereocenters. The molecule has 0 bridgehead atoms. The summed E-state index contributed by atoms with van der Waals surface area (Å²) in [6.45, 7) is 4.10. The maximum absolute atomic E-state index is 5.22. The smallest absolute Gasteiger partial charge is 0.241 e. The minimum Gasteiger partial charge on any atom is -0.479 e. The molecule has 100 valence electrons. The Bertz CT molecular complexity index is 571. The summed E-state index contributed by atoms with van der Waals surface area (Å²) in [6.07, 6.45) is 3.21. The summed E-state index contributed by atoms with van der Waals surface area (Å²) in [6, 6.07) is 1.83. The third kappa shape index (κ3) is 2.78. The van der Waals surface area contributed by atoms with E-state index in [4.69, 9.17) is 4.74 Å². The van der Waals surface area contributed by atoms with Gasteiger partial charge in [0.1, 0.15) is 17.3 Å². The Balaban J connectivity index is 2.57. The van der Waals surface area contributed by atoms with Gasteiger partial charge in [-0.05, 0) is 0 Å². The second-order valence-corrected chi connectivity index (χ2v) is 4.32. The van der Waals surface area contributed by atoms with Crippen molar-refractivity contribution in [3.05, 3.63) is 24.3 Å². The Labute approximate surface area is 112 Å². The molecular weight excluding hydrogens is 242 g/mol. The van der Waals surface area contributed by atoms with Crippen LogP contribution in [-0.2, 0) is 0 Å². The highest BCUT2D eigenvalue weighted by Crippen LogP contribution is 2.26. The van der Waals surface area contributed by atoms with Gasteiger partial charge in [0.05, 0.1) is 7.11 Å². The number of hydrogen-bond donors (Lipinski definition) is 1. The number of rotatable bonds is 4. The van der Waals surface area contributed by atoms with Gasteiger partial charge in [0.2, 0.25) is 5.88 Å². The molecule has 1 N–H and O–H groups in total. The zero-order valence-electron chi connectivity index (χ0n) is 11.5. The zero-order chi connectivity index (χ0) is 13.8. The average molecular weight is 259 g/mol. The summed E-state index contributed by atoms with van der Waals surface area (Å²) < 4.78 is 5.22. The maximum Gasteiger partial charge on any atom is 0.241 e. The molecule has 0 fully saturated rings. The van der Waals surface area contributed by atoms with Crippen molar-refractivity contribution in [1.82, 2.24) is 19.9 Å². The third-order valence-corrected chi connectivity index (χ3v) is 2.62. The highest BCUT2D eigenvalue weighted by molar-refractivity contribution is 5.63. The molecule has 0 aliphatic carbocycles. The molecule has 2 aromatic rings. The first-order valence-electron chi connectivity index (χ1n) is 6.07. The Kier molecular flexibility index (Phi) is 3.89. The van der Waals surface area contributed by atoms with Crippen molar-refractivity contribution in [2.45, 2.75) is 19.8 Å². The monoisotopic (exact) mass is 259 g/mol. The van der Waals surface area contributed by atoms with E-state index >= 15 is 0 Å². The van der Waals surface area contributed by atoms with Crippen molar-refractivity contribution in [3.8, 4) is 17.3 Å². The molecule has 2 heterocycles. The summed E-state index contributed by atoms with van der Waals surface area (Å²) in [4.78, 5) is 17.4. The van der Waals surface area contributed by atoms with Gasteiger partial charge in [-0.1, -0.05) is 13.8 Å². The average Bonchev–Trinajstić information content (AvgIpc) is 2.46. The van der Waals surface area contributed by atoms with E-state index in [2.05, 4.69) is 25.3 Å². The SMILES string of the molecule is CNc1cc(-c2nccnc2OC)nc(C(C)C)n1. The van der Waals surface area contributed by atoms with Crippen molar-refractivity contribution < 1.29 is 4.74 Å². The van der Waals surface area contributed by atoms with Crippen LogP contribution in [0.4, 0.5) is 5.82 Å². The lowest BCUT2D eigenvalue weighted by molar-refractivity contribution is 0.397. The van der Waals surface area contributed by atoms with Gasteiger partial charge in [-0.15, -0.1) is 0 Å². The normalized spacial score (nSPS) is 10.6. The van der Waals surface area contributed by atoms with Crippen LogP contribution in [0.15, 0.2) is 18.5 Å². The molecule has 0 radical (unpaired) electrons. The van der Waals surface area contributed by atoms with Crippen molar-refractivity contribution >= 4 is 5.82 Å². The molecule has 0 aromatic carbocycles. The van der Waals surface area contributed by atoms with Crippen LogP contribution in [-0.4, -0.2) is 34.1 Å². The van der Waals surface area contributed by atoms with Gasteiger partial charge in [-0.3, -0.25) is 0 Å². The van der Waals surface area contributed by atoms with E-state index in [1.165, 1.54) is 0 Å². The minimum atomic E-state index is 0.231. The predicted molar refractivity (Wildman–Crippen MR) is 73.2 cm³/mol. The molecule has 2 aromatic heterocycles.